The van der Waals surface area contributed by atoms with Gasteiger partial charge in [0.15, 0.2) is 0 Å². The van der Waals surface area contributed by atoms with E-state index < -0.39 is 0 Å². The largest absolute Gasteiger partial charge is 0.349 e. The number of nitrogens with one attached hydrogen (secondary N) is 1. The summed E-state index contributed by atoms with van der Waals surface area (Å²) >= 11 is 5.88. The highest BCUT2D eigenvalue weighted by Gasteiger charge is 2.23. The summed E-state index contributed by atoms with van der Waals surface area (Å²) in [6.45, 7) is 3.80. The Morgan fingerprint density at radius 2 is 1.57 bits per heavy atom. The normalized spacial score (nSPS) is 14.3. The Morgan fingerprint density at radius 1 is 1.00 bits per heavy atom. The maximum Gasteiger partial charge on any atom is 0.225 e. The number of nitrogens with two attached hydrogens (primary N) is 1. The summed E-state index contributed by atoms with van der Waals surface area (Å²) in [5, 5.41) is 3.69. The number of amides is 1. The van der Waals surface area contributed by atoms with Crippen molar-refractivity contribution >= 4 is 29.9 Å². The van der Waals surface area contributed by atoms with Crippen LogP contribution in [0.25, 0.3) is 0 Å². The number of halogens is 2. The first-order valence-corrected chi connectivity index (χ1v) is 7.73. The van der Waals surface area contributed by atoms with E-state index in [4.69, 9.17) is 17.3 Å². The van der Waals surface area contributed by atoms with E-state index in [9.17, 15) is 4.79 Å². The van der Waals surface area contributed by atoms with Crippen LogP contribution in [0, 0.1) is 5.92 Å². The number of benzene rings is 2. The molecule has 0 saturated carbocycles. The first kappa shape index (κ1) is 19.5. The van der Waals surface area contributed by atoms with Gasteiger partial charge in [0.1, 0.15) is 0 Å². The van der Waals surface area contributed by atoms with E-state index in [-0.39, 0.29) is 36.3 Å². The molecule has 0 fully saturated rings. The summed E-state index contributed by atoms with van der Waals surface area (Å²) in [6.07, 6.45) is 0. The fourth-order valence-electron chi connectivity index (χ4n) is 2.31. The third kappa shape index (κ3) is 5.24. The van der Waals surface area contributed by atoms with Crippen molar-refractivity contribution in [3.63, 3.8) is 0 Å². The van der Waals surface area contributed by atoms with Crippen LogP contribution in [-0.2, 0) is 4.79 Å². The predicted molar refractivity (Wildman–Crippen MR) is 97.8 cm³/mol. The number of hydrogen-bond acceptors (Lipinski definition) is 2. The van der Waals surface area contributed by atoms with Gasteiger partial charge in [-0.3, -0.25) is 4.79 Å². The third-order valence-electron chi connectivity index (χ3n) is 3.87. The number of carbonyl (C=O) groups excluding carboxylic acids is 1. The molecular formula is C18H22Cl2N2O. The first-order valence-electron chi connectivity index (χ1n) is 7.35. The molecule has 23 heavy (non-hydrogen) atoms. The SMILES string of the molecule is CC(NC(=O)C(C)C(N)c1ccccc1)c1ccc(Cl)cc1.Cl. The number of hydrogen-bond donors (Lipinski definition) is 2. The molecular weight excluding hydrogens is 331 g/mol. The summed E-state index contributed by atoms with van der Waals surface area (Å²) in [4.78, 5) is 12.4. The van der Waals surface area contributed by atoms with Crippen LogP contribution >= 0.6 is 24.0 Å². The molecule has 0 aliphatic rings. The Kier molecular flexibility index (Phi) is 7.56. The molecule has 3 nitrogen and oxygen atoms in total. The maximum atomic E-state index is 12.4. The molecule has 3 unspecified atom stereocenters. The van der Waals surface area contributed by atoms with Gasteiger partial charge in [-0.2, -0.15) is 0 Å². The molecule has 1 amide bonds. The monoisotopic (exact) mass is 352 g/mol. The van der Waals surface area contributed by atoms with Crippen LogP contribution in [0.2, 0.25) is 5.02 Å². The molecule has 0 aliphatic heterocycles. The molecule has 3 atom stereocenters. The zero-order valence-corrected chi connectivity index (χ0v) is 14.8. The smallest absolute Gasteiger partial charge is 0.225 e. The average molecular weight is 353 g/mol. The average Bonchev–Trinajstić information content (AvgIpc) is 2.54. The lowest BCUT2D eigenvalue weighted by molar-refractivity contribution is -0.125. The second-order valence-corrected chi connectivity index (χ2v) is 5.94. The van der Waals surface area contributed by atoms with Gasteiger partial charge in [0, 0.05) is 11.1 Å². The summed E-state index contributed by atoms with van der Waals surface area (Å²) < 4.78 is 0. The molecule has 0 bridgehead atoms. The minimum Gasteiger partial charge on any atom is -0.349 e. The van der Waals surface area contributed by atoms with E-state index in [1.807, 2.05) is 68.4 Å². The van der Waals surface area contributed by atoms with Crippen molar-refractivity contribution in [2.24, 2.45) is 11.7 Å². The van der Waals surface area contributed by atoms with Gasteiger partial charge in [-0.05, 0) is 30.2 Å². The molecule has 5 heteroatoms. The van der Waals surface area contributed by atoms with Crippen molar-refractivity contribution in [2.45, 2.75) is 25.9 Å². The Labute approximate surface area is 148 Å². The molecule has 0 heterocycles. The van der Waals surface area contributed by atoms with Gasteiger partial charge in [0.2, 0.25) is 5.91 Å². The molecule has 0 saturated heterocycles. The van der Waals surface area contributed by atoms with Crippen LogP contribution in [-0.4, -0.2) is 5.91 Å². The summed E-state index contributed by atoms with van der Waals surface area (Å²) in [6, 6.07) is 16.7. The third-order valence-corrected chi connectivity index (χ3v) is 4.12. The molecule has 2 rings (SSSR count). The van der Waals surface area contributed by atoms with E-state index in [0.717, 1.165) is 11.1 Å². The molecule has 2 aromatic carbocycles. The number of rotatable bonds is 5. The zero-order chi connectivity index (χ0) is 16.1. The van der Waals surface area contributed by atoms with Crippen molar-refractivity contribution in [2.75, 3.05) is 0 Å². The minimum atomic E-state index is -0.321. The van der Waals surface area contributed by atoms with Gasteiger partial charge in [-0.15, -0.1) is 12.4 Å². The van der Waals surface area contributed by atoms with Crippen molar-refractivity contribution in [3.05, 3.63) is 70.7 Å². The summed E-state index contributed by atoms with van der Waals surface area (Å²) in [7, 11) is 0. The van der Waals surface area contributed by atoms with Gasteiger partial charge in [-0.1, -0.05) is 61.0 Å². The highest BCUT2D eigenvalue weighted by atomic mass is 35.5. The first-order chi connectivity index (χ1) is 10.5. The maximum absolute atomic E-state index is 12.4. The van der Waals surface area contributed by atoms with Crippen molar-refractivity contribution < 1.29 is 4.79 Å². The van der Waals surface area contributed by atoms with E-state index in [1.165, 1.54) is 0 Å². The summed E-state index contributed by atoms with van der Waals surface area (Å²) in [5.74, 6) is -0.365. The van der Waals surface area contributed by atoms with Crippen LogP contribution in [0.4, 0.5) is 0 Å². The van der Waals surface area contributed by atoms with Gasteiger partial charge >= 0.3 is 0 Å². The molecule has 0 aliphatic carbocycles. The van der Waals surface area contributed by atoms with Gasteiger partial charge in [0.25, 0.3) is 0 Å². The van der Waals surface area contributed by atoms with E-state index in [1.54, 1.807) is 0 Å². The Hall–Kier alpha value is -1.55. The van der Waals surface area contributed by atoms with Crippen LogP contribution in [0.3, 0.4) is 0 Å². The van der Waals surface area contributed by atoms with E-state index in [2.05, 4.69) is 5.32 Å². The van der Waals surface area contributed by atoms with Gasteiger partial charge < -0.3 is 11.1 Å². The van der Waals surface area contributed by atoms with Crippen molar-refractivity contribution in [1.29, 1.82) is 0 Å². The molecule has 124 valence electrons. The van der Waals surface area contributed by atoms with Crippen LogP contribution in [0.5, 0.6) is 0 Å². The second-order valence-electron chi connectivity index (χ2n) is 5.51. The Bertz CT molecular complexity index is 617. The predicted octanol–water partition coefficient (Wildman–Crippen LogP) is 4.28. The fourth-order valence-corrected chi connectivity index (χ4v) is 2.43. The van der Waals surface area contributed by atoms with Gasteiger partial charge in [0.05, 0.1) is 12.0 Å². The Morgan fingerprint density at radius 3 is 2.13 bits per heavy atom. The highest BCUT2D eigenvalue weighted by molar-refractivity contribution is 6.30. The lowest BCUT2D eigenvalue weighted by atomic mass is 9.94. The molecule has 3 N–H and O–H groups in total. The molecule has 2 aromatic rings. The van der Waals surface area contributed by atoms with E-state index in [0.29, 0.717) is 5.02 Å². The lowest BCUT2D eigenvalue weighted by Crippen LogP contribution is -2.36. The minimum absolute atomic E-state index is 0. The Balaban J connectivity index is 0.00000264. The standard InChI is InChI=1S/C18H21ClN2O.ClH/c1-12(17(20)15-6-4-3-5-7-15)18(22)21-13(2)14-8-10-16(19)11-9-14;/h3-13,17H,20H2,1-2H3,(H,21,22);1H. The van der Waals surface area contributed by atoms with Crippen LogP contribution < -0.4 is 11.1 Å². The quantitative estimate of drug-likeness (QED) is 0.843. The van der Waals surface area contributed by atoms with Crippen LogP contribution in [0.1, 0.15) is 37.1 Å². The molecule has 0 radical (unpaired) electrons. The van der Waals surface area contributed by atoms with Crippen LogP contribution in [0.15, 0.2) is 54.6 Å². The number of carbonyl (C=O) groups is 1. The second kappa shape index (κ2) is 8.92. The van der Waals surface area contributed by atoms with Crippen molar-refractivity contribution in [3.8, 4) is 0 Å². The lowest BCUT2D eigenvalue weighted by Gasteiger charge is -2.22. The molecule has 0 aromatic heterocycles. The van der Waals surface area contributed by atoms with E-state index >= 15 is 0 Å². The topological polar surface area (TPSA) is 55.1 Å². The van der Waals surface area contributed by atoms with Gasteiger partial charge in [-0.25, -0.2) is 0 Å². The van der Waals surface area contributed by atoms with Crippen molar-refractivity contribution in [1.82, 2.24) is 5.32 Å². The highest BCUT2D eigenvalue weighted by Crippen LogP contribution is 2.21. The molecule has 0 spiro atoms. The zero-order valence-electron chi connectivity index (χ0n) is 13.2. The summed E-state index contributed by atoms with van der Waals surface area (Å²) in [5.41, 5.74) is 8.17. The fraction of sp³-hybridized carbons (Fsp3) is 0.278.